The fourth-order valence-corrected chi connectivity index (χ4v) is 3.16. The average Bonchev–Trinajstić information content (AvgIpc) is 2.65. The molecule has 98 valence electrons. The molecule has 1 heterocycles. The number of carbonyl (C=O) groups is 1. The van der Waals surface area contributed by atoms with E-state index in [1.54, 1.807) is 0 Å². The lowest BCUT2D eigenvalue weighted by molar-refractivity contribution is -0.117. The van der Waals surface area contributed by atoms with Crippen molar-refractivity contribution in [3.05, 3.63) is 0 Å². The molecule has 0 aromatic rings. The zero-order chi connectivity index (χ0) is 12.9. The second-order valence-electron chi connectivity index (χ2n) is 3.01. The van der Waals surface area contributed by atoms with Crippen molar-refractivity contribution in [2.75, 3.05) is 13.3 Å². The minimum Gasteiger partial charge on any atom is -0.360 e. The molecular formula is C7H14N4O4S2. The van der Waals surface area contributed by atoms with Crippen molar-refractivity contribution in [2.24, 2.45) is 4.99 Å². The summed E-state index contributed by atoms with van der Waals surface area (Å²) in [4.78, 5) is 14.7. The van der Waals surface area contributed by atoms with E-state index in [0.717, 1.165) is 18.7 Å². The first-order chi connectivity index (χ1) is 7.95. The number of aliphatic imine (C=N–C) groups is 1. The molecule has 1 atom stereocenters. The van der Waals surface area contributed by atoms with Gasteiger partial charge in [0.15, 0.2) is 9.87 Å². The number of hydrogen-bond donors (Lipinski definition) is 3. The third-order valence-electron chi connectivity index (χ3n) is 1.59. The van der Waals surface area contributed by atoms with Crippen molar-refractivity contribution in [1.29, 1.82) is 0 Å². The van der Waals surface area contributed by atoms with Gasteiger partial charge in [-0.2, -0.15) is 0 Å². The molecule has 1 aliphatic rings. The quantitative estimate of drug-likeness (QED) is 0.551. The Morgan fingerprint density at radius 2 is 2.35 bits per heavy atom. The summed E-state index contributed by atoms with van der Waals surface area (Å²) in [6.45, 7) is 3.65. The van der Waals surface area contributed by atoms with Gasteiger partial charge in [-0.25, -0.2) is 18.8 Å². The van der Waals surface area contributed by atoms with E-state index in [2.05, 4.69) is 15.8 Å². The first-order valence-electron chi connectivity index (χ1n) is 4.78. The first kappa shape index (κ1) is 14.2. The molecule has 0 aromatic carbocycles. The highest BCUT2D eigenvalue weighted by atomic mass is 32.3. The minimum absolute atomic E-state index is 0.153. The number of thioether (sulfide) groups is 1. The van der Waals surface area contributed by atoms with E-state index in [1.165, 1.54) is 0 Å². The van der Waals surface area contributed by atoms with Crippen LogP contribution in [0.5, 0.6) is 0 Å². The largest absolute Gasteiger partial charge is 0.360 e. The number of ether oxygens (including phenoxy) is 1. The Morgan fingerprint density at radius 1 is 1.65 bits per heavy atom. The molecule has 3 N–H and O–H groups in total. The molecule has 1 saturated heterocycles. The van der Waals surface area contributed by atoms with Gasteiger partial charge in [-0.1, -0.05) is 0 Å². The normalized spacial score (nSPS) is 22.5. The Labute approximate surface area is 104 Å². The summed E-state index contributed by atoms with van der Waals surface area (Å²) in [5.74, 6) is -0.632. The van der Waals surface area contributed by atoms with Crippen LogP contribution in [0.1, 0.15) is 13.8 Å². The molecule has 1 aliphatic heterocycles. The Hall–Kier alpha value is -0.840. The molecule has 0 aromatic heterocycles. The number of amidine groups is 1. The van der Waals surface area contributed by atoms with E-state index in [1.807, 2.05) is 11.6 Å². The van der Waals surface area contributed by atoms with Crippen molar-refractivity contribution >= 4 is 32.9 Å². The Bertz CT molecular complexity index is 408. The van der Waals surface area contributed by atoms with Crippen molar-refractivity contribution in [2.45, 2.75) is 18.6 Å². The van der Waals surface area contributed by atoms with Crippen molar-refractivity contribution in [3.63, 3.8) is 0 Å². The summed E-state index contributed by atoms with van der Waals surface area (Å²) in [6.07, 6.45) is 0. The van der Waals surface area contributed by atoms with Gasteiger partial charge in [0.25, 0.3) is 10.0 Å². The molecule has 0 spiro atoms. The van der Waals surface area contributed by atoms with Crippen LogP contribution < -0.4 is 15.6 Å². The van der Waals surface area contributed by atoms with Crippen LogP contribution in [-0.2, 0) is 19.6 Å². The summed E-state index contributed by atoms with van der Waals surface area (Å²) in [5, 5.41) is 0.400. The summed E-state index contributed by atoms with van der Waals surface area (Å²) >= 11 is 0.955. The van der Waals surface area contributed by atoms with Crippen LogP contribution in [0, 0.1) is 0 Å². The molecule has 1 unspecified atom stereocenters. The molecule has 1 rings (SSSR count). The predicted molar refractivity (Wildman–Crippen MR) is 64.3 cm³/mol. The first-order valence-corrected chi connectivity index (χ1v) is 7.21. The summed E-state index contributed by atoms with van der Waals surface area (Å²) in [5.41, 5.74) is 5.10. The van der Waals surface area contributed by atoms with E-state index in [0.29, 0.717) is 11.8 Å². The Kier molecular flexibility index (Phi) is 5.18. The molecule has 0 aliphatic carbocycles. The van der Waals surface area contributed by atoms with Gasteiger partial charge < -0.3 is 4.74 Å². The summed E-state index contributed by atoms with van der Waals surface area (Å²) in [6, 6.07) is 0. The Morgan fingerprint density at radius 3 is 2.94 bits per heavy atom. The molecule has 0 saturated carbocycles. The summed E-state index contributed by atoms with van der Waals surface area (Å²) in [7, 11) is -3.75. The highest BCUT2D eigenvalue weighted by molar-refractivity contribution is 8.22. The summed E-state index contributed by atoms with van der Waals surface area (Å²) < 4.78 is 29.0. The van der Waals surface area contributed by atoms with Gasteiger partial charge in [-0.05, 0) is 18.7 Å². The maximum atomic E-state index is 11.6. The van der Waals surface area contributed by atoms with Crippen molar-refractivity contribution in [1.82, 2.24) is 15.6 Å². The Balaban J connectivity index is 2.55. The van der Waals surface area contributed by atoms with Gasteiger partial charge in [0.05, 0.1) is 0 Å². The lowest BCUT2D eigenvalue weighted by atomic mass is 10.8. The lowest BCUT2D eigenvalue weighted by Gasteiger charge is -2.08. The van der Waals surface area contributed by atoms with Crippen molar-refractivity contribution < 1.29 is 17.9 Å². The number of hydrogen-bond acceptors (Lipinski definition) is 7. The van der Waals surface area contributed by atoms with E-state index >= 15 is 0 Å². The number of nitrogens with one attached hydrogen (secondary N) is 3. The molecule has 17 heavy (non-hydrogen) atoms. The van der Waals surface area contributed by atoms with Crippen LogP contribution in [0.25, 0.3) is 0 Å². The second-order valence-corrected chi connectivity index (χ2v) is 6.17. The number of carbonyl (C=O) groups excluding carboxylic acids is 1. The third-order valence-corrected chi connectivity index (χ3v) is 4.68. The van der Waals surface area contributed by atoms with Crippen LogP contribution in [0.4, 0.5) is 0 Å². The van der Waals surface area contributed by atoms with Crippen LogP contribution in [-0.4, -0.2) is 37.5 Å². The highest BCUT2D eigenvalue weighted by Crippen LogP contribution is 2.18. The molecule has 0 radical (unpaired) electrons. The SMILES string of the molecule is CCOCN=C1NNC(S(=O)(=O)NC(C)=O)S1. The molecule has 8 nitrogen and oxygen atoms in total. The van der Waals surface area contributed by atoms with E-state index in [4.69, 9.17) is 4.74 Å². The fourth-order valence-electron chi connectivity index (χ4n) is 0.948. The maximum Gasteiger partial charge on any atom is 0.262 e. The van der Waals surface area contributed by atoms with E-state index in [-0.39, 0.29) is 6.73 Å². The molecule has 1 fully saturated rings. The number of sulfonamides is 1. The van der Waals surface area contributed by atoms with Gasteiger partial charge in [0, 0.05) is 13.5 Å². The van der Waals surface area contributed by atoms with Crippen LogP contribution in [0.2, 0.25) is 0 Å². The fraction of sp³-hybridized carbons (Fsp3) is 0.714. The molecule has 0 bridgehead atoms. The van der Waals surface area contributed by atoms with Gasteiger partial charge in [-0.15, -0.1) is 0 Å². The number of nitrogens with zero attached hydrogens (tertiary/aromatic N) is 1. The van der Waals surface area contributed by atoms with E-state index < -0.39 is 20.6 Å². The predicted octanol–water partition coefficient (Wildman–Crippen LogP) is -1.07. The van der Waals surface area contributed by atoms with Crippen LogP contribution >= 0.6 is 11.8 Å². The monoisotopic (exact) mass is 282 g/mol. The van der Waals surface area contributed by atoms with Gasteiger partial charge >= 0.3 is 0 Å². The van der Waals surface area contributed by atoms with Gasteiger partial charge in [0.1, 0.15) is 6.73 Å². The number of hydrazine groups is 1. The van der Waals surface area contributed by atoms with Gasteiger partial charge in [-0.3, -0.25) is 14.9 Å². The third kappa shape index (κ3) is 4.50. The standard InChI is InChI=1S/C7H14N4O4S2/c1-3-15-4-8-6-9-10-7(16-6)17(13,14)11-5(2)12/h7,10H,3-4H2,1-2H3,(H,8,9)(H,11,12). The van der Waals surface area contributed by atoms with E-state index in [9.17, 15) is 13.2 Å². The van der Waals surface area contributed by atoms with Gasteiger partial charge in [0.2, 0.25) is 5.91 Å². The highest BCUT2D eigenvalue weighted by Gasteiger charge is 2.33. The topological polar surface area (TPSA) is 109 Å². The smallest absolute Gasteiger partial charge is 0.262 e. The van der Waals surface area contributed by atoms with Crippen LogP contribution in [0.3, 0.4) is 0 Å². The molecule has 10 heteroatoms. The zero-order valence-corrected chi connectivity index (χ0v) is 11.0. The number of amides is 1. The number of rotatable bonds is 5. The second kappa shape index (κ2) is 6.19. The zero-order valence-electron chi connectivity index (χ0n) is 9.39. The molecular weight excluding hydrogens is 268 g/mol. The maximum absolute atomic E-state index is 11.6. The van der Waals surface area contributed by atoms with Crippen molar-refractivity contribution in [3.8, 4) is 0 Å². The lowest BCUT2D eigenvalue weighted by Crippen LogP contribution is -2.43. The minimum atomic E-state index is -3.75. The van der Waals surface area contributed by atoms with Crippen LogP contribution in [0.15, 0.2) is 4.99 Å². The average molecular weight is 282 g/mol. The molecule has 1 amide bonds.